The Kier molecular flexibility index (Phi) is 77.1. The topological polar surface area (TPSA) is 96.9 Å². The fraction of sp³-hybridized carbons (Fsp3) is 0.600. The number of aromatic hydroxyl groups is 1. The largest absolute Gasteiger partial charge is 0.508 e. The van der Waals surface area contributed by atoms with Gasteiger partial charge in [-0.05, 0) is 54.7 Å². The Labute approximate surface area is 328 Å². The third-order valence-electron chi connectivity index (χ3n) is 5.23. The molecule has 7 heteroatoms. The van der Waals surface area contributed by atoms with Crippen LogP contribution in [0.5, 0.6) is 17.2 Å². The molecule has 0 fully saturated rings. The standard InChI is InChI=1S/C11H14O2.C9H12O.2C6H9NO.C3H8.10CH4/c1-4-8-5-6-9-10(7-8)13-11(2,3)12-9;1-3-8-5-4-7(2)9(10)6-8;2*1-3-5-7-6(8)4-2;1-3-2;;;;;;;;;;/h5-7H,4H2,1-3H3;4-6,10H,3H2,1-2H3;2*1H,4-5H2,2H3,(H,7,8);3H2,1-2H3;10*1H4. The summed E-state index contributed by atoms with van der Waals surface area (Å²) in [5.41, 5.74) is 3.40. The van der Waals surface area contributed by atoms with Crippen LogP contribution in [0.15, 0.2) is 36.4 Å². The summed E-state index contributed by atoms with van der Waals surface area (Å²) in [5, 5.41) is 14.2. The summed E-state index contributed by atoms with van der Waals surface area (Å²) in [4.78, 5) is 20.7. The highest BCUT2D eigenvalue weighted by molar-refractivity contribution is 5.76. The first-order valence-electron chi connectivity index (χ1n) is 14.6. The average molecular weight is 741 g/mol. The summed E-state index contributed by atoms with van der Waals surface area (Å²) in [6.07, 6.45) is 14.0. The maximum atomic E-state index is 10.4. The number of carbonyl (C=O) groups excluding carboxylic acids is 2. The monoisotopic (exact) mass is 741 g/mol. The minimum atomic E-state index is -0.505. The van der Waals surface area contributed by atoms with Crippen molar-refractivity contribution in [1.29, 1.82) is 0 Å². The van der Waals surface area contributed by atoms with Gasteiger partial charge in [0.25, 0.3) is 0 Å². The summed E-state index contributed by atoms with van der Waals surface area (Å²) in [6.45, 7) is 18.4. The number of amides is 2. The lowest BCUT2D eigenvalue weighted by Crippen LogP contribution is -2.29. The van der Waals surface area contributed by atoms with Crippen LogP contribution in [0.1, 0.15) is 166 Å². The van der Waals surface area contributed by atoms with Crippen LogP contribution in [-0.2, 0) is 22.4 Å². The van der Waals surface area contributed by atoms with E-state index in [1.54, 1.807) is 13.8 Å². The molecule has 7 nitrogen and oxygen atoms in total. The van der Waals surface area contributed by atoms with Crippen molar-refractivity contribution >= 4 is 11.8 Å². The molecule has 3 rings (SSSR count). The molecule has 0 bridgehead atoms. The van der Waals surface area contributed by atoms with Crippen LogP contribution in [0, 0.1) is 31.6 Å². The van der Waals surface area contributed by atoms with Crippen LogP contribution >= 0.6 is 0 Å². The molecule has 2 amide bonds. The number of fused-ring (bicyclic) bond motifs is 1. The maximum absolute atomic E-state index is 10.4. The predicted molar refractivity (Wildman–Crippen MR) is 241 cm³/mol. The van der Waals surface area contributed by atoms with Crippen LogP contribution in [0.2, 0.25) is 0 Å². The summed E-state index contributed by atoms with van der Waals surface area (Å²) in [6, 6.07) is 11.9. The molecule has 0 unspecified atom stereocenters. The van der Waals surface area contributed by atoms with Gasteiger partial charge in [0.05, 0.1) is 13.1 Å². The first-order chi connectivity index (χ1) is 19.9. The molecule has 0 aliphatic carbocycles. The minimum Gasteiger partial charge on any atom is -0.508 e. The Balaban J connectivity index is -0.0000000382. The highest BCUT2D eigenvalue weighted by atomic mass is 16.7. The van der Waals surface area contributed by atoms with Crippen LogP contribution in [0.4, 0.5) is 0 Å². The van der Waals surface area contributed by atoms with Crippen molar-refractivity contribution in [3.63, 3.8) is 0 Å². The van der Waals surface area contributed by atoms with E-state index < -0.39 is 5.79 Å². The molecule has 3 N–H and O–H groups in total. The number of terminal acetylenes is 2. The molecular formula is C45H92N2O5. The van der Waals surface area contributed by atoms with E-state index in [-0.39, 0.29) is 86.1 Å². The van der Waals surface area contributed by atoms with E-state index in [0.717, 1.165) is 29.9 Å². The highest BCUT2D eigenvalue weighted by Gasteiger charge is 2.31. The molecule has 0 saturated heterocycles. The van der Waals surface area contributed by atoms with Gasteiger partial charge >= 0.3 is 0 Å². The molecule has 0 aromatic heterocycles. The van der Waals surface area contributed by atoms with Crippen molar-refractivity contribution in [1.82, 2.24) is 10.6 Å². The molecule has 0 saturated carbocycles. The van der Waals surface area contributed by atoms with E-state index >= 15 is 0 Å². The second kappa shape index (κ2) is 49.0. The second-order valence-electron chi connectivity index (χ2n) is 9.59. The Morgan fingerprint density at radius 3 is 1.33 bits per heavy atom. The van der Waals surface area contributed by atoms with Crippen molar-refractivity contribution in [3.05, 3.63) is 53.1 Å². The van der Waals surface area contributed by atoms with Gasteiger partial charge in [0.15, 0.2) is 11.5 Å². The number of ether oxygens (including phenoxy) is 2. The Bertz CT molecular complexity index is 1120. The molecule has 0 spiro atoms. The van der Waals surface area contributed by atoms with Crippen molar-refractivity contribution < 1.29 is 24.2 Å². The molecule has 1 heterocycles. The maximum Gasteiger partial charge on any atom is 0.246 e. The number of hydrogen-bond donors (Lipinski definition) is 3. The lowest BCUT2D eigenvalue weighted by molar-refractivity contribution is -0.121. The van der Waals surface area contributed by atoms with Gasteiger partial charge in [-0.1, -0.05) is 152 Å². The first kappa shape index (κ1) is 81.8. The minimum absolute atomic E-state index is 0. The van der Waals surface area contributed by atoms with Gasteiger partial charge in [0.2, 0.25) is 17.6 Å². The summed E-state index contributed by atoms with van der Waals surface area (Å²) in [7, 11) is 0. The molecule has 0 radical (unpaired) electrons. The summed E-state index contributed by atoms with van der Waals surface area (Å²) < 4.78 is 11.2. The fourth-order valence-electron chi connectivity index (χ4n) is 2.91. The fourth-order valence-corrected chi connectivity index (χ4v) is 2.91. The highest BCUT2D eigenvalue weighted by Crippen LogP contribution is 2.39. The van der Waals surface area contributed by atoms with Crippen LogP contribution < -0.4 is 20.1 Å². The van der Waals surface area contributed by atoms with Gasteiger partial charge < -0.3 is 25.2 Å². The van der Waals surface area contributed by atoms with Gasteiger partial charge in [-0.2, -0.15) is 0 Å². The van der Waals surface area contributed by atoms with Crippen LogP contribution in [0.25, 0.3) is 0 Å². The third-order valence-corrected chi connectivity index (χ3v) is 5.23. The lowest BCUT2D eigenvalue weighted by Gasteiger charge is -2.16. The number of carbonyl (C=O) groups is 2. The third kappa shape index (κ3) is 40.3. The SMILES string of the molecule is C.C.C.C.C.C.C.C.C.C.C#CCNC(=O)CC.C#CCNC(=O)CC.CCC.CCc1ccc(C)c(O)c1.CCc1ccc2c(c1)OC(C)(C)O2. The zero-order valence-electron chi connectivity index (χ0n) is 27.1. The molecule has 2 aromatic rings. The van der Waals surface area contributed by atoms with Gasteiger partial charge in [-0.3, -0.25) is 9.59 Å². The zero-order chi connectivity index (χ0) is 32.6. The van der Waals surface area contributed by atoms with Gasteiger partial charge in [0, 0.05) is 26.7 Å². The van der Waals surface area contributed by atoms with Crippen molar-refractivity contribution in [2.24, 2.45) is 0 Å². The smallest absolute Gasteiger partial charge is 0.246 e. The molecule has 312 valence electrons. The van der Waals surface area contributed by atoms with E-state index in [4.69, 9.17) is 22.3 Å². The van der Waals surface area contributed by atoms with E-state index in [9.17, 15) is 14.7 Å². The van der Waals surface area contributed by atoms with E-state index in [0.29, 0.717) is 31.7 Å². The lowest BCUT2D eigenvalue weighted by atomic mass is 10.1. The van der Waals surface area contributed by atoms with Gasteiger partial charge in [0.1, 0.15) is 5.75 Å². The van der Waals surface area contributed by atoms with Crippen molar-refractivity contribution in [3.8, 4) is 41.9 Å². The number of phenols is 1. The number of nitrogens with one attached hydrogen (secondary N) is 2. The quantitative estimate of drug-likeness (QED) is 0.256. The van der Waals surface area contributed by atoms with E-state index in [1.165, 1.54) is 17.5 Å². The number of hydrogen-bond acceptors (Lipinski definition) is 5. The molecule has 0 atom stereocenters. The molecule has 2 aromatic carbocycles. The predicted octanol–water partition coefficient (Wildman–Crippen LogP) is 13.1. The Morgan fingerprint density at radius 1 is 0.654 bits per heavy atom. The number of aryl methyl sites for hydroxylation is 3. The van der Waals surface area contributed by atoms with Crippen LogP contribution in [-0.4, -0.2) is 35.8 Å². The van der Waals surface area contributed by atoms with E-state index in [2.05, 4.69) is 56.2 Å². The zero-order valence-corrected chi connectivity index (χ0v) is 27.1. The number of rotatable bonds is 6. The average Bonchev–Trinajstić information content (AvgIpc) is 3.30. The van der Waals surface area contributed by atoms with Crippen LogP contribution in [0.3, 0.4) is 0 Å². The van der Waals surface area contributed by atoms with Gasteiger partial charge in [-0.15, -0.1) is 12.8 Å². The Morgan fingerprint density at radius 2 is 1.00 bits per heavy atom. The summed E-state index contributed by atoms with van der Waals surface area (Å²) >= 11 is 0. The molecular weight excluding hydrogens is 649 g/mol. The number of benzene rings is 2. The van der Waals surface area contributed by atoms with Gasteiger partial charge in [-0.25, -0.2) is 0 Å². The normalized spacial score (nSPS) is 8.90. The summed E-state index contributed by atoms with van der Waals surface area (Å²) in [5.74, 6) is 6.22. The van der Waals surface area contributed by atoms with Crippen molar-refractivity contribution in [2.45, 2.75) is 174 Å². The second-order valence-corrected chi connectivity index (χ2v) is 9.59. The number of phenolic OH excluding ortho intramolecular Hbond substituents is 1. The Hall–Kier alpha value is -4.10. The van der Waals surface area contributed by atoms with Crippen molar-refractivity contribution in [2.75, 3.05) is 13.1 Å². The van der Waals surface area contributed by atoms with E-state index in [1.807, 2.05) is 51.1 Å². The first-order valence-corrected chi connectivity index (χ1v) is 14.6. The molecule has 1 aliphatic heterocycles. The molecule has 1 aliphatic rings. The molecule has 52 heavy (non-hydrogen) atoms.